The van der Waals surface area contributed by atoms with Gasteiger partial charge >= 0.3 is 5.97 Å². The number of benzene rings is 1. The van der Waals surface area contributed by atoms with Gasteiger partial charge in [0.2, 0.25) is 11.7 Å². The molecule has 0 radical (unpaired) electrons. The summed E-state index contributed by atoms with van der Waals surface area (Å²) in [5.41, 5.74) is 0.385. The Morgan fingerprint density at radius 1 is 1.26 bits per heavy atom. The highest BCUT2D eigenvalue weighted by Crippen LogP contribution is 2.27. The number of hydrogen-bond donors (Lipinski definition) is 2. The second-order valence-electron chi connectivity index (χ2n) is 4.70. The lowest BCUT2D eigenvalue weighted by atomic mass is 10.1. The molecule has 1 heterocycles. The quantitative estimate of drug-likeness (QED) is 0.797. The number of likely N-dealkylation sites (N-methyl/N-ethyl adjacent to an activating group) is 1. The van der Waals surface area contributed by atoms with E-state index in [1.807, 2.05) is 0 Å². The van der Waals surface area contributed by atoms with E-state index in [9.17, 15) is 18.8 Å². The molecule has 0 aliphatic heterocycles. The first kappa shape index (κ1) is 16.5. The molecular weight excluding hydrogens is 307 g/mol. The van der Waals surface area contributed by atoms with Crippen molar-refractivity contribution in [3.63, 3.8) is 0 Å². The fraction of sp³-hybridized carbons (Fsp3) is 0.267. The maximum atomic E-state index is 13.6. The van der Waals surface area contributed by atoms with Gasteiger partial charge in [0.15, 0.2) is 18.0 Å². The summed E-state index contributed by atoms with van der Waals surface area (Å²) in [6.07, 6.45) is 0. The van der Waals surface area contributed by atoms with E-state index in [-0.39, 0.29) is 23.8 Å². The molecule has 1 aromatic heterocycles. The molecule has 122 valence electrons. The summed E-state index contributed by atoms with van der Waals surface area (Å²) >= 11 is 0. The zero-order valence-corrected chi connectivity index (χ0v) is 12.6. The second kappa shape index (κ2) is 6.91. The van der Waals surface area contributed by atoms with Crippen LogP contribution in [0.15, 0.2) is 22.6 Å². The van der Waals surface area contributed by atoms with E-state index in [2.05, 4.69) is 10.6 Å². The maximum absolute atomic E-state index is 13.6. The van der Waals surface area contributed by atoms with Crippen molar-refractivity contribution in [2.24, 2.45) is 0 Å². The Hall–Kier alpha value is -2.90. The Morgan fingerprint density at radius 3 is 2.65 bits per heavy atom. The van der Waals surface area contributed by atoms with Crippen LogP contribution in [0.25, 0.3) is 11.0 Å². The van der Waals surface area contributed by atoms with E-state index in [1.165, 1.54) is 19.2 Å². The van der Waals surface area contributed by atoms with Crippen LogP contribution >= 0.6 is 0 Å². The van der Waals surface area contributed by atoms with Crippen molar-refractivity contribution >= 4 is 28.8 Å². The molecule has 0 unspecified atom stereocenters. The predicted octanol–water partition coefficient (Wildman–Crippen LogP) is 0.899. The zero-order valence-electron chi connectivity index (χ0n) is 12.6. The molecule has 2 amide bonds. The first-order chi connectivity index (χ1) is 10.9. The van der Waals surface area contributed by atoms with Gasteiger partial charge in [0.25, 0.3) is 5.91 Å². The number of hydrogen-bond acceptors (Lipinski definition) is 5. The summed E-state index contributed by atoms with van der Waals surface area (Å²) in [5.74, 6) is -2.65. The first-order valence-corrected chi connectivity index (χ1v) is 6.76. The lowest BCUT2D eigenvalue weighted by Gasteiger charge is -2.05. The number of amides is 2. The highest BCUT2D eigenvalue weighted by molar-refractivity contribution is 5.97. The number of para-hydroxylation sites is 1. The first-order valence-electron chi connectivity index (χ1n) is 6.76. The number of carbonyl (C=O) groups is 3. The highest BCUT2D eigenvalue weighted by atomic mass is 19.1. The average molecular weight is 322 g/mol. The molecule has 2 aromatic rings. The molecule has 0 atom stereocenters. The van der Waals surface area contributed by atoms with E-state index in [0.717, 1.165) is 0 Å². The van der Waals surface area contributed by atoms with Crippen LogP contribution in [0.2, 0.25) is 0 Å². The summed E-state index contributed by atoms with van der Waals surface area (Å²) in [6.45, 7) is 0.796. The van der Waals surface area contributed by atoms with Gasteiger partial charge in [-0.15, -0.1) is 0 Å². The minimum Gasteiger partial charge on any atom is -0.450 e. The number of rotatable bonds is 5. The normalized spacial score (nSPS) is 10.4. The number of ether oxygens (including phenoxy) is 1. The molecule has 0 fully saturated rings. The molecule has 23 heavy (non-hydrogen) atoms. The van der Waals surface area contributed by atoms with Crippen LogP contribution in [-0.2, 0) is 14.3 Å². The van der Waals surface area contributed by atoms with E-state index in [0.29, 0.717) is 10.9 Å². The topological polar surface area (TPSA) is 97.6 Å². The number of esters is 1. The van der Waals surface area contributed by atoms with Gasteiger partial charge in [-0.3, -0.25) is 9.59 Å². The van der Waals surface area contributed by atoms with Crippen molar-refractivity contribution in [1.82, 2.24) is 10.6 Å². The van der Waals surface area contributed by atoms with E-state index >= 15 is 0 Å². The number of furan rings is 1. The monoisotopic (exact) mass is 322 g/mol. The number of carbonyl (C=O) groups excluding carboxylic acids is 3. The molecule has 7 nitrogen and oxygen atoms in total. The van der Waals surface area contributed by atoms with Crippen molar-refractivity contribution in [1.29, 1.82) is 0 Å². The lowest BCUT2D eigenvalue weighted by Crippen LogP contribution is -2.37. The number of halogens is 1. The SMILES string of the molecule is CNC(=O)CNC(=O)COC(=O)c1oc2c(F)cccc2c1C. The van der Waals surface area contributed by atoms with Crippen LogP contribution < -0.4 is 10.6 Å². The summed E-state index contributed by atoms with van der Waals surface area (Å²) in [5, 5.41) is 5.06. The van der Waals surface area contributed by atoms with Gasteiger partial charge in [0.1, 0.15) is 0 Å². The average Bonchev–Trinajstić information content (AvgIpc) is 2.89. The minimum atomic E-state index is -0.881. The molecule has 0 saturated heterocycles. The van der Waals surface area contributed by atoms with Gasteiger partial charge in [0, 0.05) is 18.0 Å². The number of fused-ring (bicyclic) bond motifs is 1. The molecule has 0 aliphatic carbocycles. The fourth-order valence-electron chi connectivity index (χ4n) is 1.92. The van der Waals surface area contributed by atoms with Crippen molar-refractivity contribution in [3.8, 4) is 0 Å². The van der Waals surface area contributed by atoms with Crippen LogP contribution in [0.1, 0.15) is 16.1 Å². The van der Waals surface area contributed by atoms with Gasteiger partial charge in [-0.25, -0.2) is 9.18 Å². The third-order valence-corrected chi connectivity index (χ3v) is 3.16. The summed E-state index contributed by atoms with van der Waals surface area (Å²) in [6, 6.07) is 4.33. The molecule has 0 saturated carbocycles. The molecule has 2 rings (SSSR count). The van der Waals surface area contributed by atoms with Gasteiger partial charge in [-0.1, -0.05) is 12.1 Å². The summed E-state index contributed by atoms with van der Waals surface area (Å²) in [4.78, 5) is 34.4. The Bertz CT molecular complexity index is 769. The van der Waals surface area contributed by atoms with Crippen LogP contribution in [0, 0.1) is 12.7 Å². The molecule has 0 bridgehead atoms. The van der Waals surface area contributed by atoms with E-state index in [1.54, 1.807) is 13.0 Å². The van der Waals surface area contributed by atoms with Crippen molar-refractivity contribution in [3.05, 3.63) is 35.3 Å². The van der Waals surface area contributed by atoms with E-state index in [4.69, 9.17) is 9.15 Å². The lowest BCUT2D eigenvalue weighted by molar-refractivity contribution is -0.127. The van der Waals surface area contributed by atoms with E-state index < -0.39 is 24.3 Å². The standard InChI is InChI=1S/C15H15FN2O5/c1-8-9-4-3-5-10(16)14(9)23-13(8)15(21)22-7-12(20)18-6-11(19)17-2/h3-5H,6-7H2,1-2H3,(H,17,19)(H,18,20). The Kier molecular flexibility index (Phi) is 4.95. The predicted molar refractivity (Wildman–Crippen MR) is 78.3 cm³/mol. The third-order valence-electron chi connectivity index (χ3n) is 3.16. The van der Waals surface area contributed by atoms with Crippen molar-refractivity contribution < 1.29 is 27.9 Å². The van der Waals surface area contributed by atoms with Gasteiger partial charge in [-0.05, 0) is 13.0 Å². The van der Waals surface area contributed by atoms with Crippen molar-refractivity contribution in [2.45, 2.75) is 6.92 Å². The Labute approximate surface area is 130 Å². The second-order valence-corrected chi connectivity index (χ2v) is 4.70. The highest BCUT2D eigenvalue weighted by Gasteiger charge is 2.21. The minimum absolute atomic E-state index is 0.0407. The third kappa shape index (κ3) is 3.65. The Morgan fingerprint density at radius 2 is 2.00 bits per heavy atom. The maximum Gasteiger partial charge on any atom is 0.375 e. The summed E-state index contributed by atoms with van der Waals surface area (Å²) in [7, 11) is 1.43. The molecule has 1 aromatic carbocycles. The molecule has 8 heteroatoms. The van der Waals surface area contributed by atoms with Crippen LogP contribution in [0.5, 0.6) is 0 Å². The summed E-state index contributed by atoms with van der Waals surface area (Å²) < 4.78 is 23.6. The van der Waals surface area contributed by atoms with Gasteiger partial charge < -0.3 is 19.8 Å². The van der Waals surface area contributed by atoms with Crippen molar-refractivity contribution in [2.75, 3.05) is 20.2 Å². The van der Waals surface area contributed by atoms with Crippen LogP contribution in [0.4, 0.5) is 4.39 Å². The molecule has 0 spiro atoms. The van der Waals surface area contributed by atoms with Crippen LogP contribution in [0.3, 0.4) is 0 Å². The number of aryl methyl sites for hydroxylation is 1. The van der Waals surface area contributed by atoms with Gasteiger partial charge in [0.05, 0.1) is 6.54 Å². The smallest absolute Gasteiger partial charge is 0.375 e. The van der Waals surface area contributed by atoms with Gasteiger partial charge in [-0.2, -0.15) is 0 Å². The molecule has 2 N–H and O–H groups in total. The molecule has 0 aliphatic rings. The fourth-order valence-corrected chi connectivity index (χ4v) is 1.92. The zero-order chi connectivity index (χ0) is 17.0. The molecular formula is C15H15FN2O5. The van der Waals surface area contributed by atoms with Crippen LogP contribution in [-0.4, -0.2) is 38.0 Å². The Balaban J connectivity index is 2.01. The number of nitrogens with one attached hydrogen (secondary N) is 2. The largest absolute Gasteiger partial charge is 0.450 e.